The fraction of sp³-hybridized carbons (Fsp3) is 0.333. The molecule has 2 aromatic rings. The third kappa shape index (κ3) is 2.58. The third-order valence-electron chi connectivity index (χ3n) is 4.88. The molecule has 4 rings (SSSR count). The van der Waals surface area contributed by atoms with Crippen LogP contribution >= 0.6 is 0 Å². The second kappa shape index (κ2) is 5.78. The molecule has 0 aliphatic carbocycles. The van der Waals surface area contributed by atoms with E-state index in [9.17, 15) is 14.0 Å². The molecule has 3 heterocycles. The maximum Gasteiger partial charge on any atom is 0.321 e. The average molecular weight is 327 g/mol. The van der Waals surface area contributed by atoms with E-state index in [1.807, 2.05) is 10.6 Å². The number of aromatic nitrogens is 1. The lowest BCUT2D eigenvalue weighted by Crippen LogP contribution is -2.50. The number of para-hydroxylation sites is 1. The van der Waals surface area contributed by atoms with Gasteiger partial charge in [-0.15, -0.1) is 0 Å². The van der Waals surface area contributed by atoms with Gasteiger partial charge in [-0.25, -0.2) is 9.18 Å². The number of hydrogen-bond acceptors (Lipinski definition) is 2. The molecule has 5 nitrogen and oxygen atoms in total. The summed E-state index contributed by atoms with van der Waals surface area (Å²) in [6.07, 6.45) is 0.979. The van der Waals surface area contributed by atoms with Crippen LogP contribution in [0.25, 0.3) is 0 Å². The quantitative estimate of drug-likeness (QED) is 0.875. The standard InChI is InChI=1S/C18H18FN3O2/c19-14-4-1-2-5-15(14)20-18(24)21-9-12-8-13(11-21)16-6-3-7-17(23)22(16)10-12/h1-7,12-13H,8-11H2,(H,20,24)/t12-,13+/m1/s1. The zero-order valence-corrected chi connectivity index (χ0v) is 13.1. The first-order valence-electron chi connectivity index (χ1n) is 8.12. The Bertz CT molecular complexity index is 848. The Hall–Kier alpha value is -2.63. The van der Waals surface area contributed by atoms with E-state index in [1.165, 1.54) is 6.07 Å². The number of benzene rings is 1. The number of fused-ring (bicyclic) bond motifs is 4. The minimum atomic E-state index is -0.444. The summed E-state index contributed by atoms with van der Waals surface area (Å²) in [5.74, 6) is -0.0413. The van der Waals surface area contributed by atoms with E-state index in [0.29, 0.717) is 19.6 Å². The van der Waals surface area contributed by atoms with Crippen LogP contribution in [0.1, 0.15) is 18.0 Å². The van der Waals surface area contributed by atoms with Crippen LogP contribution in [-0.4, -0.2) is 28.6 Å². The minimum absolute atomic E-state index is 0.0199. The molecule has 2 aliphatic heterocycles. The number of nitrogens with zero attached hydrogens (tertiary/aromatic N) is 2. The number of anilines is 1. The number of likely N-dealkylation sites (tertiary alicyclic amines) is 1. The van der Waals surface area contributed by atoms with E-state index in [2.05, 4.69) is 5.32 Å². The van der Waals surface area contributed by atoms with Gasteiger partial charge in [0, 0.05) is 37.3 Å². The number of carbonyl (C=O) groups excluding carboxylic acids is 1. The fourth-order valence-corrected chi connectivity index (χ4v) is 3.82. The van der Waals surface area contributed by atoms with Crippen LogP contribution in [0.15, 0.2) is 47.3 Å². The highest BCUT2D eigenvalue weighted by Gasteiger charge is 2.36. The van der Waals surface area contributed by atoms with Gasteiger partial charge in [0.05, 0.1) is 5.69 Å². The summed E-state index contributed by atoms with van der Waals surface area (Å²) >= 11 is 0. The van der Waals surface area contributed by atoms with E-state index in [0.717, 1.165) is 12.1 Å². The van der Waals surface area contributed by atoms with E-state index in [-0.39, 0.29) is 29.1 Å². The Morgan fingerprint density at radius 1 is 1.08 bits per heavy atom. The molecule has 2 atom stereocenters. The van der Waals surface area contributed by atoms with Crippen molar-refractivity contribution in [3.05, 3.63) is 64.3 Å². The topological polar surface area (TPSA) is 54.3 Å². The molecule has 1 aromatic carbocycles. The molecular weight excluding hydrogens is 309 g/mol. The number of hydrogen-bond donors (Lipinski definition) is 1. The molecule has 2 aliphatic rings. The maximum absolute atomic E-state index is 13.7. The van der Waals surface area contributed by atoms with Gasteiger partial charge in [0.15, 0.2) is 0 Å². The highest BCUT2D eigenvalue weighted by Crippen LogP contribution is 2.35. The first-order valence-corrected chi connectivity index (χ1v) is 8.12. The minimum Gasteiger partial charge on any atom is -0.324 e. The molecule has 124 valence electrons. The van der Waals surface area contributed by atoms with Crippen molar-refractivity contribution in [1.82, 2.24) is 9.47 Å². The van der Waals surface area contributed by atoms with Crippen molar-refractivity contribution < 1.29 is 9.18 Å². The first kappa shape index (κ1) is 14.9. The summed E-state index contributed by atoms with van der Waals surface area (Å²) in [6.45, 7) is 1.76. The molecule has 1 aromatic heterocycles. The Morgan fingerprint density at radius 2 is 1.92 bits per heavy atom. The largest absolute Gasteiger partial charge is 0.324 e. The lowest BCUT2D eigenvalue weighted by molar-refractivity contribution is 0.139. The number of pyridine rings is 1. The molecule has 2 amide bonds. The third-order valence-corrected chi connectivity index (χ3v) is 4.88. The summed E-state index contributed by atoms with van der Waals surface area (Å²) < 4.78 is 15.5. The Balaban J connectivity index is 1.55. The second-order valence-electron chi connectivity index (χ2n) is 6.51. The molecule has 2 bridgehead atoms. The fourth-order valence-electron chi connectivity index (χ4n) is 3.82. The lowest BCUT2D eigenvalue weighted by Gasteiger charge is -2.42. The van der Waals surface area contributed by atoms with Gasteiger partial charge in [-0.05, 0) is 30.5 Å². The van der Waals surface area contributed by atoms with Crippen molar-refractivity contribution in [2.24, 2.45) is 5.92 Å². The van der Waals surface area contributed by atoms with Crippen LogP contribution in [0.2, 0.25) is 0 Å². The van der Waals surface area contributed by atoms with E-state index < -0.39 is 5.82 Å². The molecule has 1 saturated heterocycles. The zero-order chi connectivity index (χ0) is 16.7. The zero-order valence-electron chi connectivity index (χ0n) is 13.1. The van der Waals surface area contributed by atoms with Crippen LogP contribution in [0.3, 0.4) is 0 Å². The van der Waals surface area contributed by atoms with Crippen LogP contribution < -0.4 is 10.9 Å². The van der Waals surface area contributed by atoms with E-state index in [4.69, 9.17) is 0 Å². The molecule has 24 heavy (non-hydrogen) atoms. The maximum atomic E-state index is 13.7. The van der Waals surface area contributed by atoms with Crippen molar-refractivity contribution in [3.63, 3.8) is 0 Å². The Kier molecular flexibility index (Phi) is 3.59. The van der Waals surface area contributed by atoms with Crippen molar-refractivity contribution in [1.29, 1.82) is 0 Å². The van der Waals surface area contributed by atoms with Gasteiger partial charge in [0.2, 0.25) is 0 Å². The van der Waals surface area contributed by atoms with Crippen molar-refractivity contribution in [2.45, 2.75) is 18.9 Å². The number of nitrogens with one attached hydrogen (secondary N) is 1. The number of urea groups is 1. The average Bonchev–Trinajstić information content (AvgIpc) is 2.58. The number of carbonyl (C=O) groups is 1. The van der Waals surface area contributed by atoms with Crippen LogP contribution in [0.5, 0.6) is 0 Å². The van der Waals surface area contributed by atoms with Gasteiger partial charge in [-0.1, -0.05) is 18.2 Å². The van der Waals surface area contributed by atoms with Crippen LogP contribution in [0, 0.1) is 11.7 Å². The summed E-state index contributed by atoms with van der Waals surface area (Å²) in [5.41, 5.74) is 1.20. The predicted molar refractivity (Wildman–Crippen MR) is 88.5 cm³/mol. The number of amides is 2. The van der Waals surface area contributed by atoms with Crippen molar-refractivity contribution >= 4 is 11.7 Å². The van der Waals surface area contributed by atoms with Gasteiger partial charge in [0.1, 0.15) is 5.82 Å². The van der Waals surface area contributed by atoms with E-state index >= 15 is 0 Å². The summed E-state index contributed by atoms with van der Waals surface area (Å²) in [7, 11) is 0. The van der Waals surface area contributed by atoms with E-state index in [1.54, 1.807) is 35.2 Å². The Morgan fingerprint density at radius 3 is 2.75 bits per heavy atom. The Labute approximate surface area is 138 Å². The summed E-state index contributed by atoms with van der Waals surface area (Å²) in [4.78, 5) is 26.3. The molecule has 0 unspecified atom stereocenters. The molecule has 0 radical (unpaired) electrons. The molecule has 0 saturated carbocycles. The van der Waals surface area contributed by atoms with Gasteiger partial charge in [-0.3, -0.25) is 4.79 Å². The van der Waals surface area contributed by atoms with Gasteiger partial charge in [0.25, 0.3) is 5.56 Å². The van der Waals surface area contributed by atoms with Gasteiger partial charge in [-0.2, -0.15) is 0 Å². The molecule has 1 fully saturated rings. The molecule has 0 spiro atoms. The smallest absolute Gasteiger partial charge is 0.321 e. The first-order chi connectivity index (χ1) is 11.6. The highest BCUT2D eigenvalue weighted by molar-refractivity contribution is 5.89. The second-order valence-corrected chi connectivity index (χ2v) is 6.51. The molecular formula is C18H18FN3O2. The van der Waals surface area contributed by atoms with Crippen LogP contribution in [0.4, 0.5) is 14.9 Å². The van der Waals surface area contributed by atoms with Crippen LogP contribution in [-0.2, 0) is 6.54 Å². The summed E-state index contributed by atoms with van der Waals surface area (Å²) in [5, 5.41) is 2.65. The number of halogens is 1. The lowest BCUT2D eigenvalue weighted by atomic mass is 9.83. The normalized spacial score (nSPS) is 22.0. The van der Waals surface area contributed by atoms with Crippen molar-refractivity contribution in [3.8, 4) is 0 Å². The predicted octanol–water partition coefficient (Wildman–Crippen LogP) is 2.64. The highest BCUT2D eigenvalue weighted by atomic mass is 19.1. The summed E-state index contributed by atoms with van der Waals surface area (Å²) in [6, 6.07) is 11.2. The monoisotopic (exact) mass is 327 g/mol. The SMILES string of the molecule is O=C(Nc1ccccc1F)N1C[C@H]2C[C@@H](C1)c1cccc(=O)n1C2. The van der Waals surface area contributed by atoms with Gasteiger partial charge >= 0.3 is 6.03 Å². The van der Waals surface area contributed by atoms with Gasteiger partial charge < -0.3 is 14.8 Å². The number of rotatable bonds is 1. The van der Waals surface area contributed by atoms with Crippen molar-refractivity contribution in [2.75, 3.05) is 18.4 Å². The number of piperidine rings is 1. The molecule has 6 heteroatoms. The molecule has 1 N–H and O–H groups in total.